The number of hydrogen-bond acceptors (Lipinski definition) is 2. The molecule has 4 aromatic rings. The Labute approximate surface area is 176 Å². The van der Waals surface area contributed by atoms with Gasteiger partial charge in [-0.2, -0.15) is 0 Å². The molecule has 0 unspecified atom stereocenters. The maximum Gasteiger partial charge on any atom is 0.141 e. The number of rotatable bonds is 7. The number of unbranched alkanes of at least 4 members (excludes halogenated alkanes) is 1. The van der Waals surface area contributed by atoms with Gasteiger partial charge in [-0.25, -0.2) is 4.98 Å². The smallest absolute Gasteiger partial charge is 0.141 e. The lowest BCUT2D eigenvalue weighted by Crippen LogP contribution is -2.04. The Balaban J connectivity index is 1.51. The van der Waals surface area contributed by atoms with Crippen LogP contribution >= 0.6 is 11.6 Å². The summed E-state index contributed by atoms with van der Waals surface area (Å²) in [7, 11) is 0. The zero-order valence-corrected chi connectivity index (χ0v) is 17.6. The van der Waals surface area contributed by atoms with Crippen LogP contribution < -0.4 is 4.74 Å². The normalized spacial score (nSPS) is 11.1. The lowest BCUT2D eigenvalue weighted by atomic mass is 10.1. The molecule has 4 rings (SSSR count). The first-order valence-corrected chi connectivity index (χ1v) is 10.4. The van der Waals surface area contributed by atoms with Crippen LogP contribution in [0.15, 0.2) is 66.7 Å². The summed E-state index contributed by atoms with van der Waals surface area (Å²) in [6.07, 6.45) is 1.95. The molecule has 0 aliphatic heterocycles. The van der Waals surface area contributed by atoms with E-state index >= 15 is 0 Å². The average Bonchev–Trinajstić information content (AvgIpc) is 3.07. The molecule has 0 aliphatic carbocycles. The van der Waals surface area contributed by atoms with Crippen molar-refractivity contribution in [3.05, 3.63) is 82.9 Å². The molecule has 0 amide bonds. The fraction of sp³-hybridized carbons (Fsp3) is 0.240. The minimum atomic E-state index is 0.648. The summed E-state index contributed by atoms with van der Waals surface area (Å²) >= 11 is 6.16. The lowest BCUT2D eigenvalue weighted by molar-refractivity contribution is 0.304. The van der Waals surface area contributed by atoms with Gasteiger partial charge in [0.2, 0.25) is 0 Å². The first kappa shape index (κ1) is 19.5. The van der Waals surface area contributed by atoms with Crippen LogP contribution in [0.4, 0.5) is 0 Å². The minimum Gasteiger partial charge on any atom is -0.492 e. The molecule has 148 valence electrons. The van der Waals surface area contributed by atoms with E-state index in [1.807, 2.05) is 30.3 Å². The third-order valence-corrected chi connectivity index (χ3v) is 5.46. The van der Waals surface area contributed by atoms with E-state index < -0.39 is 0 Å². The van der Waals surface area contributed by atoms with Crippen LogP contribution in [0.1, 0.15) is 24.0 Å². The zero-order chi connectivity index (χ0) is 20.2. The van der Waals surface area contributed by atoms with Crippen molar-refractivity contribution in [1.82, 2.24) is 9.55 Å². The van der Waals surface area contributed by atoms with Gasteiger partial charge >= 0.3 is 0 Å². The van der Waals surface area contributed by atoms with E-state index in [0.717, 1.165) is 36.5 Å². The topological polar surface area (TPSA) is 27.1 Å². The second kappa shape index (κ2) is 8.71. The maximum absolute atomic E-state index is 6.16. The zero-order valence-electron chi connectivity index (χ0n) is 16.9. The first-order valence-electron chi connectivity index (χ1n) is 10.0. The number of hydrogen-bond donors (Lipinski definition) is 0. The quantitative estimate of drug-likeness (QED) is 0.315. The molecule has 4 heteroatoms. The molecule has 0 saturated carbocycles. The molecular weight excluding hydrogens is 380 g/mol. The molecule has 0 saturated heterocycles. The summed E-state index contributed by atoms with van der Waals surface area (Å²) in [5, 5.41) is 0.658. The van der Waals surface area contributed by atoms with Crippen LogP contribution in [0.5, 0.6) is 5.75 Å². The van der Waals surface area contributed by atoms with Crippen LogP contribution in [-0.4, -0.2) is 16.2 Å². The van der Waals surface area contributed by atoms with E-state index in [1.54, 1.807) is 0 Å². The number of fused-ring (bicyclic) bond motifs is 1. The van der Waals surface area contributed by atoms with E-state index in [0.29, 0.717) is 11.6 Å². The van der Waals surface area contributed by atoms with Crippen LogP contribution in [-0.2, 0) is 6.54 Å². The number of nitrogens with zero attached hydrogens (tertiary/aromatic N) is 2. The van der Waals surface area contributed by atoms with Crippen molar-refractivity contribution in [2.24, 2.45) is 0 Å². The number of imidazole rings is 1. The molecule has 0 bridgehead atoms. The molecule has 0 atom stereocenters. The van der Waals surface area contributed by atoms with Gasteiger partial charge in [0.05, 0.1) is 22.7 Å². The Morgan fingerprint density at radius 3 is 2.55 bits per heavy atom. The van der Waals surface area contributed by atoms with Gasteiger partial charge in [0.1, 0.15) is 11.6 Å². The number of halogens is 1. The molecule has 0 aliphatic rings. The Morgan fingerprint density at radius 2 is 1.72 bits per heavy atom. The summed E-state index contributed by atoms with van der Waals surface area (Å²) in [4.78, 5) is 4.95. The van der Waals surface area contributed by atoms with Gasteiger partial charge in [-0.1, -0.05) is 59.6 Å². The molecule has 0 radical (unpaired) electrons. The fourth-order valence-electron chi connectivity index (χ4n) is 3.69. The SMILES string of the molecule is Cc1ccc(-c2nc3ccccc3n2CCCCOc2ccccc2Cl)c(C)c1. The van der Waals surface area contributed by atoms with Gasteiger partial charge in [0.15, 0.2) is 0 Å². The lowest BCUT2D eigenvalue weighted by Gasteiger charge is -2.12. The van der Waals surface area contributed by atoms with Gasteiger partial charge < -0.3 is 9.30 Å². The standard InChI is InChI=1S/C25H25ClN2O/c1-18-13-14-20(19(2)17-18)25-27-22-10-4-5-11-23(22)28(25)15-7-8-16-29-24-12-6-3-9-21(24)26/h3-6,9-14,17H,7-8,15-16H2,1-2H3. The van der Waals surface area contributed by atoms with Crippen molar-refractivity contribution in [2.45, 2.75) is 33.2 Å². The summed E-state index contributed by atoms with van der Waals surface area (Å²) in [5.74, 6) is 1.79. The number of benzene rings is 3. The highest BCUT2D eigenvalue weighted by molar-refractivity contribution is 6.32. The summed E-state index contributed by atoms with van der Waals surface area (Å²) in [6.45, 7) is 5.83. The van der Waals surface area contributed by atoms with Crippen LogP contribution in [0, 0.1) is 13.8 Å². The largest absolute Gasteiger partial charge is 0.492 e. The monoisotopic (exact) mass is 404 g/mol. The molecule has 0 fully saturated rings. The van der Waals surface area contributed by atoms with Crippen LogP contribution in [0.3, 0.4) is 0 Å². The highest BCUT2D eigenvalue weighted by Gasteiger charge is 2.14. The molecule has 1 heterocycles. The number of aromatic nitrogens is 2. The van der Waals surface area contributed by atoms with Crippen molar-refractivity contribution in [3.8, 4) is 17.1 Å². The Kier molecular flexibility index (Phi) is 5.86. The Morgan fingerprint density at radius 1 is 0.931 bits per heavy atom. The fourth-order valence-corrected chi connectivity index (χ4v) is 3.88. The molecule has 1 aromatic heterocycles. The number of aryl methyl sites for hydroxylation is 3. The second-order valence-corrected chi connectivity index (χ2v) is 7.79. The predicted octanol–water partition coefficient (Wildman–Crippen LogP) is 6.83. The van der Waals surface area contributed by atoms with E-state index in [-0.39, 0.29) is 0 Å². The number of ether oxygens (including phenoxy) is 1. The first-order chi connectivity index (χ1) is 14.1. The van der Waals surface area contributed by atoms with Gasteiger partial charge in [-0.15, -0.1) is 0 Å². The highest BCUT2D eigenvalue weighted by atomic mass is 35.5. The molecule has 0 N–H and O–H groups in total. The van der Waals surface area contributed by atoms with Crippen molar-refractivity contribution >= 4 is 22.6 Å². The highest BCUT2D eigenvalue weighted by Crippen LogP contribution is 2.28. The second-order valence-electron chi connectivity index (χ2n) is 7.38. The van der Waals surface area contributed by atoms with Gasteiger partial charge in [-0.3, -0.25) is 0 Å². The van der Waals surface area contributed by atoms with E-state index in [4.69, 9.17) is 21.3 Å². The van der Waals surface area contributed by atoms with Crippen LogP contribution in [0.25, 0.3) is 22.4 Å². The molecule has 29 heavy (non-hydrogen) atoms. The molecule has 0 spiro atoms. The van der Waals surface area contributed by atoms with E-state index in [9.17, 15) is 0 Å². The Hall–Kier alpha value is -2.78. The average molecular weight is 405 g/mol. The summed E-state index contributed by atoms with van der Waals surface area (Å²) in [6, 6.07) is 22.5. The van der Waals surface area contributed by atoms with Crippen molar-refractivity contribution in [2.75, 3.05) is 6.61 Å². The van der Waals surface area contributed by atoms with Gasteiger partial charge in [-0.05, 0) is 56.5 Å². The van der Waals surface area contributed by atoms with Crippen molar-refractivity contribution < 1.29 is 4.74 Å². The van der Waals surface area contributed by atoms with Crippen molar-refractivity contribution in [3.63, 3.8) is 0 Å². The Bertz CT molecular complexity index is 1130. The molecular formula is C25H25ClN2O. The summed E-state index contributed by atoms with van der Waals surface area (Å²) < 4.78 is 8.17. The third-order valence-electron chi connectivity index (χ3n) is 5.15. The minimum absolute atomic E-state index is 0.648. The predicted molar refractivity (Wildman–Crippen MR) is 121 cm³/mol. The van der Waals surface area contributed by atoms with Gasteiger partial charge in [0, 0.05) is 12.1 Å². The molecule has 3 nitrogen and oxygen atoms in total. The number of para-hydroxylation sites is 3. The molecule has 3 aromatic carbocycles. The van der Waals surface area contributed by atoms with Crippen LogP contribution in [0.2, 0.25) is 5.02 Å². The van der Waals surface area contributed by atoms with Crippen molar-refractivity contribution in [1.29, 1.82) is 0 Å². The van der Waals surface area contributed by atoms with Gasteiger partial charge in [0.25, 0.3) is 0 Å². The van der Waals surface area contributed by atoms with E-state index in [2.05, 4.69) is 54.8 Å². The third kappa shape index (κ3) is 4.30. The van der Waals surface area contributed by atoms with E-state index in [1.165, 1.54) is 22.2 Å². The summed E-state index contributed by atoms with van der Waals surface area (Å²) in [5.41, 5.74) is 5.93. The maximum atomic E-state index is 6.16.